The summed E-state index contributed by atoms with van der Waals surface area (Å²) < 4.78 is 4.26. The van der Waals surface area contributed by atoms with E-state index in [-0.39, 0.29) is 6.04 Å². The molecule has 0 aliphatic rings. The van der Waals surface area contributed by atoms with E-state index in [0.29, 0.717) is 0 Å². The van der Waals surface area contributed by atoms with Crippen LogP contribution < -0.4 is 5.32 Å². The van der Waals surface area contributed by atoms with Crippen LogP contribution in [-0.4, -0.2) is 26.1 Å². The number of hydrogen-bond acceptors (Lipinski definition) is 3. The summed E-state index contributed by atoms with van der Waals surface area (Å²) >= 11 is 0. The van der Waals surface area contributed by atoms with E-state index in [0.717, 1.165) is 30.0 Å². The molecule has 21 heavy (non-hydrogen) atoms. The second kappa shape index (κ2) is 5.69. The Morgan fingerprint density at radius 1 is 1.29 bits per heavy atom. The Balaban J connectivity index is 1.96. The van der Waals surface area contributed by atoms with Crippen molar-refractivity contribution in [3.63, 3.8) is 0 Å². The van der Waals surface area contributed by atoms with Gasteiger partial charge in [0.2, 0.25) is 0 Å². The lowest BCUT2D eigenvalue weighted by Crippen LogP contribution is -2.21. The molecule has 0 aliphatic heterocycles. The molecule has 110 valence electrons. The predicted octanol–water partition coefficient (Wildman–Crippen LogP) is 2.29. The molecule has 3 rings (SSSR count). The highest BCUT2D eigenvalue weighted by atomic mass is 15.1. The molecule has 3 aromatic rings. The molecule has 2 aromatic heterocycles. The summed E-state index contributed by atoms with van der Waals surface area (Å²) in [5, 5.41) is 3.35. The van der Waals surface area contributed by atoms with Crippen molar-refractivity contribution in [2.45, 2.75) is 25.9 Å². The van der Waals surface area contributed by atoms with Gasteiger partial charge in [-0.05, 0) is 26.1 Å². The topological polar surface area (TPSA) is 47.7 Å². The molecule has 0 spiro atoms. The van der Waals surface area contributed by atoms with Gasteiger partial charge in [0, 0.05) is 26.2 Å². The third-order valence-electron chi connectivity index (χ3n) is 3.87. The number of rotatable bonds is 5. The Bertz CT molecular complexity index is 740. The molecule has 1 atom stereocenters. The molecule has 0 radical (unpaired) electrons. The van der Waals surface area contributed by atoms with Crippen LogP contribution in [0.5, 0.6) is 0 Å². The maximum atomic E-state index is 4.79. The molecule has 0 aliphatic carbocycles. The van der Waals surface area contributed by atoms with Crippen LogP contribution in [0.3, 0.4) is 0 Å². The van der Waals surface area contributed by atoms with Crippen LogP contribution >= 0.6 is 0 Å². The van der Waals surface area contributed by atoms with Crippen LogP contribution in [0.4, 0.5) is 0 Å². The van der Waals surface area contributed by atoms with Crippen molar-refractivity contribution >= 4 is 11.0 Å². The van der Waals surface area contributed by atoms with Gasteiger partial charge < -0.3 is 14.5 Å². The van der Waals surface area contributed by atoms with E-state index in [9.17, 15) is 0 Å². The normalized spacial score (nSPS) is 12.9. The summed E-state index contributed by atoms with van der Waals surface area (Å²) in [6.07, 6.45) is 4.72. The lowest BCUT2D eigenvalue weighted by molar-refractivity contribution is 0.546. The number of likely N-dealkylation sites (N-methyl/N-ethyl adjacent to an activating group) is 1. The highest BCUT2D eigenvalue weighted by Gasteiger charge is 2.17. The minimum atomic E-state index is 0.174. The van der Waals surface area contributed by atoms with Crippen LogP contribution in [0.15, 0.2) is 36.8 Å². The standard InChI is InChI=1S/C16H21N5/c1-4-21-15-8-6-5-7-12(15)19-16(21)9-13(17-2)14-10-20(3)11-18-14/h5-8,10-11,13,17H,4,9H2,1-3H3. The monoisotopic (exact) mass is 283 g/mol. The Morgan fingerprint density at radius 3 is 2.76 bits per heavy atom. The number of imidazole rings is 2. The van der Waals surface area contributed by atoms with E-state index < -0.39 is 0 Å². The zero-order chi connectivity index (χ0) is 14.8. The highest BCUT2D eigenvalue weighted by molar-refractivity contribution is 5.75. The number of aromatic nitrogens is 4. The molecule has 0 amide bonds. The Labute approximate surface area is 124 Å². The third-order valence-corrected chi connectivity index (χ3v) is 3.87. The second-order valence-corrected chi connectivity index (χ2v) is 5.27. The fourth-order valence-electron chi connectivity index (χ4n) is 2.78. The molecule has 5 heteroatoms. The highest BCUT2D eigenvalue weighted by Crippen LogP contribution is 2.21. The quantitative estimate of drug-likeness (QED) is 0.781. The first-order valence-corrected chi connectivity index (χ1v) is 7.32. The number of hydrogen-bond donors (Lipinski definition) is 1. The molecule has 0 fully saturated rings. The molecule has 2 heterocycles. The van der Waals surface area contributed by atoms with Crippen molar-refractivity contribution in [1.29, 1.82) is 0 Å². The van der Waals surface area contributed by atoms with Gasteiger partial charge in [0.05, 0.1) is 29.1 Å². The van der Waals surface area contributed by atoms with E-state index in [1.165, 1.54) is 5.52 Å². The fourth-order valence-corrected chi connectivity index (χ4v) is 2.78. The van der Waals surface area contributed by atoms with Gasteiger partial charge in [-0.15, -0.1) is 0 Å². The van der Waals surface area contributed by atoms with Crippen molar-refractivity contribution in [2.24, 2.45) is 7.05 Å². The van der Waals surface area contributed by atoms with Gasteiger partial charge in [0.1, 0.15) is 5.82 Å². The first-order valence-electron chi connectivity index (χ1n) is 7.32. The summed E-state index contributed by atoms with van der Waals surface area (Å²) in [7, 11) is 3.96. The molecule has 0 saturated heterocycles. The summed E-state index contributed by atoms with van der Waals surface area (Å²) in [6.45, 7) is 3.08. The Morgan fingerprint density at radius 2 is 2.10 bits per heavy atom. The van der Waals surface area contributed by atoms with Crippen LogP contribution in [0.1, 0.15) is 24.5 Å². The first-order chi connectivity index (χ1) is 10.2. The molecule has 5 nitrogen and oxygen atoms in total. The summed E-state index contributed by atoms with van der Waals surface area (Å²) in [6, 6.07) is 8.47. The Kier molecular flexibility index (Phi) is 3.75. The van der Waals surface area contributed by atoms with Gasteiger partial charge in [-0.25, -0.2) is 9.97 Å². The third kappa shape index (κ3) is 2.56. The zero-order valence-electron chi connectivity index (χ0n) is 12.7. The lowest BCUT2D eigenvalue weighted by Gasteiger charge is -2.14. The van der Waals surface area contributed by atoms with Crippen LogP contribution in [0.2, 0.25) is 0 Å². The van der Waals surface area contributed by atoms with Crippen molar-refractivity contribution in [3.8, 4) is 0 Å². The smallest absolute Gasteiger partial charge is 0.111 e. The minimum absolute atomic E-state index is 0.174. The van der Waals surface area contributed by atoms with Gasteiger partial charge >= 0.3 is 0 Å². The van der Waals surface area contributed by atoms with E-state index in [1.54, 1.807) is 0 Å². The number of aryl methyl sites for hydroxylation is 2. The fraction of sp³-hybridized carbons (Fsp3) is 0.375. The van der Waals surface area contributed by atoms with E-state index in [2.05, 4.69) is 46.2 Å². The average Bonchev–Trinajstić information content (AvgIpc) is 3.07. The van der Waals surface area contributed by atoms with Crippen LogP contribution in [-0.2, 0) is 20.0 Å². The number of benzene rings is 1. The van der Waals surface area contributed by atoms with Crippen LogP contribution in [0.25, 0.3) is 11.0 Å². The SMILES string of the molecule is CCn1c(CC(NC)c2cn(C)cn2)nc2ccccc21. The van der Waals surface area contributed by atoms with E-state index in [1.807, 2.05) is 31.1 Å². The van der Waals surface area contributed by atoms with Crippen LogP contribution in [0, 0.1) is 0 Å². The number of para-hydroxylation sites is 2. The summed E-state index contributed by atoms with van der Waals surface area (Å²) in [4.78, 5) is 9.25. The Hall–Kier alpha value is -2.14. The second-order valence-electron chi connectivity index (χ2n) is 5.27. The molecule has 0 saturated carbocycles. The number of fused-ring (bicyclic) bond motifs is 1. The van der Waals surface area contributed by atoms with Crippen molar-refractivity contribution in [1.82, 2.24) is 24.4 Å². The average molecular weight is 283 g/mol. The first kappa shape index (κ1) is 13.8. The molecule has 1 N–H and O–H groups in total. The number of nitrogens with one attached hydrogen (secondary N) is 1. The van der Waals surface area contributed by atoms with Gasteiger partial charge in [-0.2, -0.15) is 0 Å². The molecule has 1 aromatic carbocycles. The van der Waals surface area contributed by atoms with Gasteiger partial charge in [0.15, 0.2) is 0 Å². The maximum Gasteiger partial charge on any atom is 0.111 e. The largest absolute Gasteiger partial charge is 0.340 e. The molecule has 0 bridgehead atoms. The minimum Gasteiger partial charge on any atom is -0.340 e. The lowest BCUT2D eigenvalue weighted by atomic mass is 10.1. The predicted molar refractivity (Wildman–Crippen MR) is 84.1 cm³/mol. The van der Waals surface area contributed by atoms with Gasteiger partial charge in [-0.1, -0.05) is 12.1 Å². The maximum absolute atomic E-state index is 4.79. The van der Waals surface area contributed by atoms with E-state index >= 15 is 0 Å². The summed E-state index contributed by atoms with van der Waals surface area (Å²) in [5.41, 5.74) is 3.31. The molecular weight excluding hydrogens is 262 g/mol. The van der Waals surface area contributed by atoms with Crippen molar-refractivity contribution in [3.05, 3.63) is 48.3 Å². The van der Waals surface area contributed by atoms with Gasteiger partial charge in [0.25, 0.3) is 0 Å². The molecule has 1 unspecified atom stereocenters. The molecular formula is C16H21N5. The summed E-state index contributed by atoms with van der Waals surface area (Å²) in [5.74, 6) is 1.10. The van der Waals surface area contributed by atoms with Crippen molar-refractivity contribution < 1.29 is 0 Å². The number of nitrogens with zero attached hydrogens (tertiary/aromatic N) is 4. The van der Waals surface area contributed by atoms with Crippen molar-refractivity contribution in [2.75, 3.05) is 7.05 Å². The zero-order valence-corrected chi connectivity index (χ0v) is 12.7. The van der Waals surface area contributed by atoms with Gasteiger partial charge in [-0.3, -0.25) is 0 Å². The van der Waals surface area contributed by atoms with E-state index in [4.69, 9.17) is 4.98 Å².